The summed E-state index contributed by atoms with van der Waals surface area (Å²) in [6, 6.07) is 5.75. The molecule has 0 aliphatic carbocycles. The summed E-state index contributed by atoms with van der Waals surface area (Å²) >= 11 is 11.3. The summed E-state index contributed by atoms with van der Waals surface area (Å²) < 4.78 is 4.81. The molecule has 0 aliphatic heterocycles. The van der Waals surface area contributed by atoms with Gasteiger partial charge >= 0.3 is 0 Å². The molecule has 0 amide bonds. The van der Waals surface area contributed by atoms with E-state index in [2.05, 4.69) is 14.5 Å². The molecule has 0 saturated heterocycles. The van der Waals surface area contributed by atoms with E-state index in [0.29, 0.717) is 9.79 Å². The van der Waals surface area contributed by atoms with Crippen molar-refractivity contribution in [3.8, 4) is 0 Å². The van der Waals surface area contributed by atoms with Crippen LogP contribution in [0.25, 0.3) is 11.0 Å². The molecule has 0 atom stereocenters. The molecule has 0 fully saturated rings. The van der Waals surface area contributed by atoms with E-state index in [1.165, 1.54) is 0 Å². The lowest BCUT2D eigenvalue weighted by molar-refractivity contribution is 0.584. The molecule has 0 aliphatic rings. The molecule has 0 spiro atoms. The van der Waals surface area contributed by atoms with Crippen LogP contribution in [0, 0.1) is 4.77 Å². The maximum atomic E-state index is 5.96. The average molecular weight is 279 g/mol. The third kappa shape index (κ3) is 2.07. The van der Waals surface area contributed by atoms with E-state index in [1.54, 1.807) is 12.5 Å². The predicted octanol–water partition coefficient (Wildman–Crippen LogP) is 3.25. The van der Waals surface area contributed by atoms with Gasteiger partial charge in [-0.05, 0) is 30.4 Å². The minimum Gasteiger partial charge on any atom is -0.336 e. The molecule has 92 valence electrons. The summed E-state index contributed by atoms with van der Waals surface area (Å²) in [5, 5.41) is 0.709. The van der Waals surface area contributed by atoms with Gasteiger partial charge in [-0.15, -0.1) is 0 Å². The fourth-order valence-corrected chi connectivity index (χ4v) is 2.46. The minimum absolute atomic E-state index is 0.709. The van der Waals surface area contributed by atoms with Crippen molar-refractivity contribution >= 4 is 34.9 Å². The normalized spacial score (nSPS) is 11.2. The standard InChI is InChI=1S/C12H11ClN4S/c13-9-1-2-11-10(7-9)15-12(18)17(11)6-5-16-4-3-14-8-16/h1-4,7-8H,5-6H2,(H,15,18). The molecule has 3 aromatic rings. The van der Waals surface area contributed by atoms with Gasteiger partial charge in [0.25, 0.3) is 0 Å². The highest BCUT2D eigenvalue weighted by Crippen LogP contribution is 2.19. The van der Waals surface area contributed by atoms with E-state index in [9.17, 15) is 0 Å². The molecule has 0 radical (unpaired) electrons. The number of imidazole rings is 2. The zero-order chi connectivity index (χ0) is 12.5. The summed E-state index contributed by atoms with van der Waals surface area (Å²) in [6.07, 6.45) is 5.51. The monoisotopic (exact) mass is 278 g/mol. The van der Waals surface area contributed by atoms with Crippen molar-refractivity contribution in [2.75, 3.05) is 0 Å². The maximum absolute atomic E-state index is 5.96. The number of halogens is 1. The van der Waals surface area contributed by atoms with Gasteiger partial charge in [0, 0.05) is 30.5 Å². The molecule has 1 aromatic carbocycles. The van der Waals surface area contributed by atoms with Crippen LogP contribution in [0.15, 0.2) is 36.9 Å². The molecular weight excluding hydrogens is 268 g/mol. The summed E-state index contributed by atoms with van der Waals surface area (Å²) in [6.45, 7) is 1.64. The highest BCUT2D eigenvalue weighted by molar-refractivity contribution is 7.71. The second kappa shape index (κ2) is 4.59. The van der Waals surface area contributed by atoms with Crippen LogP contribution in [0.3, 0.4) is 0 Å². The number of aromatic amines is 1. The van der Waals surface area contributed by atoms with E-state index in [1.807, 2.05) is 29.0 Å². The highest BCUT2D eigenvalue weighted by atomic mass is 35.5. The number of hydrogen-bond donors (Lipinski definition) is 1. The lowest BCUT2D eigenvalue weighted by Crippen LogP contribution is -2.05. The van der Waals surface area contributed by atoms with E-state index >= 15 is 0 Å². The number of rotatable bonds is 3. The molecule has 2 aromatic heterocycles. The Morgan fingerprint density at radius 2 is 2.22 bits per heavy atom. The van der Waals surface area contributed by atoms with Gasteiger partial charge < -0.3 is 14.1 Å². The third-order valence-electron chi connectivity index (χ3n) is 2.88. The first-order valence-electron chi connectivity index (χ1n) is 5.58. The second-order valence-corrected chi connectivity index (χ2v) is 4.87. The molecule has 4 nitrogen and oxygen atoms in total. The Hall–Kier alpha value is -1.59. The van der Waals surface area contributed by atoms with Crippen molar-refractivity contribution in [1.82, 2.24) is 19.1 Å². The van der Waals surface area contributed by atoms with Crippen LogP contribution in [-0.2, 0) is 13.1 Å². The Kier molecular flexibility index (Phi) is 2.93. The smallest absolute Gasteiger partial charge is 0.178 e. The summed E-state index contributed by atoms with van der Waals surface area (Å²) in [4.78, 5) is 7.19. The molecule has 0 bridgehead atoms. The molecule has 6 heteroatoms. The average Bonchev–Trinajstić information content (AvgIpc) is 2.93. The number of aromatic nitrogens is 4. The number of hydrogen-bond acceptors (Lipinski definition) is 2. The Labute approximate surface area is 114 Å². The van der Waals surface area contributed by atoms with E-state index < -0.39 is 0 Å². The number of benzene rings is 1. The zero-order valence-corrected chi connectivity index (χ0v) is 11.1. The fourth-order valence-electron chi connectivity index (χ4n) is 1.99. The van der Waals surface area contributed by atoms with Gasteiger partial charge in [-0.2, -0.15) is 0 Å². The quantitative estimate of drug-likeness (QED) is 0.747. The highest BCUT2D eigenvalue weighted by Gasteiger charge is 2.04. The van der Waals surface area contributed by atoms with Crippen LogP contribution in [0.1, 0.15) is 0 Å². The molecule has 18 heavy (non-hydrogen) atoms. The van der Waals surface area contributed by atoms with Gasteiger partial charge in [-0.25, -0.2) is 4.98 Å². The van der Waals surface area contributed by atoms with Crippen LogP contribution in [0.4, 0.5) is 0 Å². The van der Waals surface area contributed by atoms with E-state index in [4.69, 9.17) is 23.8 Å². The molecule has 3 rings (SSSR count). The number of nitrogens with one attached hydrogen (secondary N) is 1. The zero-order valence-electron chi connectivity index (χ0n) is 9.51. The SMILES string of the molecule is S=c1[nH]c2cc(Cl)ccc2n1CCn1ccnc1. The van der Waals surface area contributed by atoms with E-state index in [0.717, 1.165) is 24.1 Å². The van der Waals surface area contributed by atoms with Crippen molar-refractivity contribution in [2.45, 2.75) is 13.1 Å². The van der Waals surface area contributed by atoms with Crippen LogP contribution < -0.4 is 0 Å². The lowest BCUT2D eigenvalue weighted by atomic mass is 10.3. The Balaban J connectivity index is 1.96. The molecular formula is C12H11ClN4S. The second-order valence-electron chi connectivity index (χ2n) is 4.04. The van der Waals surface area contributed by atoms with Crippen LogP contribution in [0.2, 0.25) is 5.02 Å². The van der Waals surface area contributed by atoms with Crippen molar-refractivity contribution in [3.63, 3.8) is 0 Å². The lowest BCUT2D eigenvalue weighted by Gasteiger charge is -2.05. The molecule has 0 saturated carbocycles. The Bertz CT molecular complexity index is 726. The van der Waals surface area contributed by atoms with Crippen LogP contribution >= 0.6 is 23.8 Å². The van der Waals surface area contributed by atoms with Gasteiger partial charge in [0.15, 0.2) is 4.77 Å². The summed E-state index contributed by atoms with van der Waals surface area (Å²) in [5.74, 6) is 0. The predicted molar refractivity (Wildman–Crippen MR) is 74.4 cm³/mol. The van der Waals surface area contributed by atoms with Gasteiger partial charge in [0.05, 0.1) is 17.4 Å². The maximum Gasteiger partial charge on any atom is 0.178 e. The first kappa shape index (κ1) is 11.5. The first-order valence-corrected chi connectivity index (χ1v) is 6.36. The fraction of sp³-hybridized carbons (Fsp3) is 0.167. The molecule has 2 heterocycles. The minimum atomic E-state index is 0.709. The third-order valence-corrected chi connectivity index (χ3v) is 3.43. The van der Waals surface area contributed by atoms with Crippen molar-refractivity contribution < 1.29 is 0 Å². The first-order chi connectivity index (χ1) is 8.74. The molecule has 0 unspecified atom stereocenters. The topological polar surface area (TPSA) is 38.5 Å². The van der Waals surface area contributed by atoms with Crippen molar-refractivity contribution in [2.24, 2.45) is 0 Å². The summed E-state index contributed by atoms with van der Waals surface area (Å²) in [7, 11) is 0. The van der Waals surface area contributed by atoms with Crippen molar-refractivity contribution in [3.05, 3.63) is 46.7 Å². The number of nitrogens with zero attached hydrogens (tertiary/aromatic N) is 3. The summed E-state index contributed by atoms with van der Waals surface area (Å²) in [5.41, 5.74) is 2.04. The van der Waals surface area contributed by atoms with Crippen molar-refractivity contribution in [1.29, 1.82) is 0 Å². The van der Waals surface area contributed by atoms with Gasteiger partial charge in [-0.1, -0.05) is 11.6 Å². The molecule has 1 N–H and O–H groups in total. The number of fused-ring (bicyclic) bond motifs is 1. The largest absolute Gasteiger partial charge is 0.336 e. The van der Waals surface area contributed by atoms with Crippen LogP contribution in [0.5, 0.6) is 0 Å². The van der Waals surface area contributed by atoms with Gasteiger partial charge in [-0.3, -0.25) is 0 Å². The Morgan fingerprint density at radius 1 is 1.33 bits per heavy atom. The Morgan fingerprint density at radius 3 is 3.00 bits per heavy atom. The number of H-pyrrole nitrogens is 1. The number of aryl methyl sites for hydroxylation is 2. The van der Waals surface area contributed by atoms with E-state index in [-0.39, 0.29) is 0 Å². The van der Waals surface area contributed by atoms with Crippen LogP contribution in [-0.4, -0.2) is 19.1 Å². The van der Waals surface area contributed by atoms with Gasteiger partial charge in [0.2, 0.25) is 0 Å². The van der Waals surface area contributed by atoms with Gasteiger partial charge in [0.1, 0.15) is 0 Å².